The SMILES string of the molecule is CN1CCN(c2ncc3cc4ccn(N5CCCc6ccccc65)c4cc3n2)CC1. The molecular weight excluding hydrogens is 372 g/mol. The molecule has 0 atom stereocenters. The van der Waals surface area contributed by atoms with Crippen molar-refractivity contribution in [2.75, 3.05) is 49.7 Å². The largest absolute Gasteiger partial charge is 0.338 e. The molecule has 6 heteroatoms. The Morgan fingerprint density at radius 1 is 0.900 bits per heavy atom. The van der Waals surface area contributed by atoms with Crippen LogP contribution in [-0.2, 0) is 6.42 Å². The zero-order chi connectivity index (χ0) is 20.1. The fourth-order valence-electron chi connectivity index (χ4n) is 4.75. The molecule has 0 bridgehead atoms. The second-order valence-electron chi connectivity index (χ2n) is 8.45. The van der Waals surface area contributed by atoms with E-state index < -0.39 is 0 Å². The fraction of sp³-hybridized carbons (Fsp3) is 0.333. The van der Waals surface area contributed by atoms with Gasteiger partial charge in [-0.15, -0.1) is 0 Å². The minimum atomic E-state index is 0.844. The van der Waals surface area contributed by atoms with Crippen molar-refractivity contribution >= 4 is 33.4 Å². The summed E-state index contributed by atoms with van der Waals surface area (Å²) in [6.07, 6.45) is 6.47. The van der Waals surface area contributed by atoms with Crippen molar-refractivity contribution < 1.29 is 0 Å². The van der Waals surface area contributed by atoms with Gasteiger partial charge in [-0.25, -0.2) is 9.97 Å². The lowest BCUT2D eigenvalue weighted by molar-refractivity contribution is 0.311. The number of hydrogen-bond acceptors (Lipinski definition) is 5. The molecule has 1 fully saturated rings. The first kappa shape index (κ1) is 17.7. The van der Waals surface area contributed by atoms with Gasteiger partial charge < -0.3 is 9.80 Å². The number of benzene rings is 2. The summed E-state index contributed by atoms with van der Waals surface area (Å²) in [5.41, 5.74) is 4.94. The molecule has 30 heavy (non-hydrogen) atoms. The summed E-state index contributed by atoms with van der Waals surface area (Å²) in [4.78, 5) is 14.3. The highest BCUT2D eigenvalue weighted by molar-refractivity contribution is 5.95. The number of rotatable bonds is 2. The number of hydrogen-bond donors (Lipinski definition) is 0. The summed E-state index contributed by atoms with van der Waals surface area (Å²) in [6.45, 7) is 5.08. The summed E-state index contributed by atoms with van der Waals surface area (Å²) in [5, 5.41) is 4.72. The van der Waals surface area contributed by atoms with Crippen LogP contribution in [-0.4, -0.2) is 59.3 Å². The molecule has 4 heterocycles. The third-order valence-electron chi connectivity index (χ3n) is 6.49. The Balaban J connectivity index is 1.43. The van der Waals surface area contributed by atoms with Crippen molar-refractivity contribution in [3.05, 3.63) is 60.4 Å². The third kappa shape index (κ3) is 2.91. The normalized spacial score (nSPS) is 17.6. The number of aromatic nitrogens is 3. The first-order valence-corrected chi connectivity index (χ1v) is 10.8. The van der Waals surface area contributed by atoms with E-state index in [1.54, 1.807) is 0 Å². The van der Waals surface area contributed by atoms with Crippen LogP contribution in [0.1, 0.15) is 12.0 Å². The second-order valence-corrected chi connectivity index (χ2v) is 8.45. The number of para-hydroxylation sites is 1. The summed E-state index contributed by atoms with van der Waals surface area (Å²) in [5.74, 6) is 0.844. The first-order chi connectivity index (χ1) is 14.8. The van der Waals surface area contributed by atoms with Crippen LogP contribution in [0.4, 0.5) is 11.6 Å². The predicted molar refractivity (Wildman–Crippen MR) is 122 cm³/mol. The molecule has 0 radical (unpaired) electrons. The van der Waals surface area contributed by atoms with E-state index in [0.717, 1.165) is 56.0 Å². The van der Waals surface area contributed by atoms with Crippen LogP contribution in [0.5, 0.6) is 0 Å². The summed E-state index contributed by atoms with van der Waals surface area (Å²) in [7, 11) is 2.17. The number of likely N-dealkylation sites (N-methyl/N-ethyl adjacent to an activating group) is 1. The number of aryl methyl sites for hydroxylation is 1. The lowest BCUT2D eigenvalue weighted by atomic mass is 10.0. The molecule has 1 saturated heterocycles. The number of anilines is 2. The van der Waals surface area contributed by atoms with Gasteiger partial charge in [0.25, 0.3) is 0 Å². The van der Waals surface area contributed by atoms with Crippen LogP contribution < -0.4 is 9.91 Å². The maximum absolute atomic E-state index is 4.95. The molecule has 6 nitrogen and oxygen atoms in total. The van der Waals surface area contributed by atoms with E-state index in [-0.39, 0.29) is 0 Å². The predicted octanol–water partition coefficient (Wildman–Crippen LogP) is 3.55. The minimum Gasteiger partial charge on any atom is -0.338 e. The van der Waals surface area contributed by atoms with E-state index in [1.165, 1.54) is 28.6 Å². The van der Waals surface area contributed by atoms with Crippen molar-refractivity contribution in [3.63, 3.8) is 0 Å². The molecule has 4 aromatic rings. The molecule has 0 aliphatic carbocycles. The van der Waals surface area contributed by atoms with Crippen LogP contribution in [0.15, 0.2) is 54.9 Å². The Morgan fingerprint density at radius 2 is 1.77 bits per heavy atom. The molecule has 0 saturated carbocycles. The smallest absolute Gasteiger partial charge is 0.225 e. The second kappa shape index (κ2) is 6.99. The molecule has 2 aliphatic rings. The zero-order valence-corrected chi connectivity index (χ0v) is 17.3. The van der Waals surface area contributed by atoms with Crippen molar-refractivity contribution in [2.24, 2.45) is 0 Å². The molecule has 6 rings (SSSR count). The van der Waals surface area contributed by atoms with E-state index in [4.69, 9.17) is 4.98 Å². The van der Waals surface area contributed by atoms with Crippen LogP contribution in [0, 0.1) is 0 Å². The molecule has 0 amide bonds. The quantitative estimate of drug-likeness (QED) is 0.516. The molecule has 2 aromatic carbocycles. The summed E-state index contributed by atoms with van der Waals surface area (Å²) >= 11 is 0. The number of piperazine rings is 1. The van der Waals surface area contributed by atoms with Gasteiger partial charge in [-0.3, -0.25) is 9.69 Å². The summed E-state index contributed by atoms with van der Waals surface area (Å²) < 4.78 is 2.30. The van der Waals surface area contributed by atoms with Crippen molar-refractivity contribution in [3.8, 4) is 0 Å². The lowest BCUT2D eigenvalue weighted by Crippen LogP contribution is -2.45. The Morgan fingerprint density at radius 3 is 2.67 bits per heavy atom. The van der Waals surface area contributed by atoms with Crippen LogP contribution in [0.2, 0.25) is 0 Å². The molecular formula is C24H26N6. The Kier molecular flexibility index (Phi) is 4.13. The Labute approximate surface area is 176 Å². The fourth-order valence-corrected chi connectivity index (χ4v) is 4.75. The lowest BCUT2D eigenvalue weighted by Gasteiger charge is -2.33. The first-order valence-electron chi connectivity index (χ1n) is 10.8. The average Bonchev–Trinajstić information content (AvgIpc) is 3.20. The average molecular weight is 399 g/mol. The van der Waals surface area contributed by atoms with E-state index in [2.05, 4.69) is 80.2 Å². The Hall–Kier alpha value is -3.12. The van der Waals surface area contributed by atoms with Crippen molar-refractivity contribution in [2.45, 2.75) is 12.8 Å². The van der Waals surface area contributed by atoms with Crippen molar-refractivity contribution in [1.82, 2.24) is 19.5 Å². The van der Waals surface area contributed by atoms with E-state index >= 15 is 0 Å². The van der Waals surface area contributed by atoms with E-state index in [9.17, 15) is 0 Å². The van der Waals surface area contributed by atoms with Crippen LogP contribution in [0.3, 0.4) is 0 Å². The van der Waals surface area contributed by atoms with Gasteiger partial charge in [0, 0.05) is 55.9 Å². The van der Waals surface area contributed by atoms with Crippen molar-refractivity contribution in [1.29, 1.82) is 0 Å². The highest BCUT2D eigenvalue weighted by Gasteiger charge is 2.20. The molecule has 0 unspecified atom stereocenters. The molecule has 2 aromatic heterocycles. The van der Waals surface area contributed by atoms with Gasteiger partial charge in [-0.1, -0.05) is 18.2 Å². The molecule has 0 N–H and O–H groups in total. The Bertz CT molecular complexity index is 1220. The van der Waals surface area contributed by atoms with Gasteiger partial charge in [0.05, 0.1) is 16.7 Å². The molecule has 2 aliphatic heterocycles. The highest BCUT2D eigenvalue weighted by atomic mass is 15.5. The zero-order valence-electron chi connectivity index (χ0n) is 17.3. The molecule has 0 spiro atoms. The maximum Gasteiger partial charge on any atom is 0.225 e. The van der Waals surface area contributed by atoms with E-state index in [1.807, 2.05) is 6.20 Å². The topological polar surface area (TPSA) is 40.4 Å². The highest BCUT2D eigenvalue weighted by Crippen LogP contribution is 2.31. The van der Waals surface area contributed by atoms with Gasteiger partial charge >= 0.3 is 0 Å². The molecule has 152 valence electrons. The minimum absolute atomic E-state index is 0.844. The van der Waals surface area contributed by atoms with Gasteiger partial charge in [0.1, 0.15) is 0 Å². The third-order valence-corrected chi connectivity index (χ3v) is 6.49. The van der Waals surface area contributed by atoms with Gasteiger partial charge in [0.15, 0.2) is 0 Å². The van der Waals surface area contributed by atoms with Crippen LogP contribution >= 0.6 is 0 Å². The maximum atomic E-state index is 4.95. The van der Waals surface area contributed by atoms with Gasteiger partial charge in [-0.2, -0.15) is 0 Å². The standard InChI is InChI=1S/C24H26N6/c1-27-11-13-28(14-12-27)24-25-17-20-15-19-8-10-30(23(19)16-21(20)26-24)29-9-4-6-18-5-2-3-7-22(18)29/h2-3,5,7-8,10,15-17H,4,6,9,11-14H2,1H3. The van der Waals surface area contributed by atoms with Crippen LogP contribution in [0.25, 0.3) is 21.8 Å². The van der Waals surface area contributed by atoms with Gasteiger partial charge in [-0.05, 0) is 49.7 Å². The summed E-state index contributed by atoms with van der Waals surface area (Å²) in [6, 6.07) is 15.4. The number of nitrogens with zero attached hydrogens (tertiary/aromatic N) is 6. The monoisotopic (exact) mass is 398 g/mol. The van der Waals surface area contributed by atoms with E-state index in [0.29, 0.717) is 0 Å². The number of fused-ring (bicyclic) bond motifs is 3. The van der Waals surface area contributed by atoms with Gasteiger partial charge in [0.2, 0.25) is 5.95 Å².